The summed E-state index contributed by atoms with van der Waals surface area (Å²) >= 11 is 1.63. The Labute approximate surface area is 193 Å². The van der Waals surface area contributed by atoms with Gasteiger partial charge in [-0.05, 0) is 48.3 Å². The zero-order valence-corrected chi connectivity index (χ0v) is 19.8. The summed E-state index contributed by atoms with van der Waals surface area (Å²) in [4.78, 5) is 29.4. The average molecular weight is 450 g/mol. The first-order chi connectivity index (χ1) is 15.4. The molecule has 1 fully saturated rings. The lowest BCUT2D eigenvalue weighted by Gasteiger charge is -2.45. The first kappa shape index (κ1) is 21.3. The number of aromatic nitrogens is 1. The van der Waals surface area contributed by atoms with Crippen LogP contribution in [0.15, 0.2) is 47.8 Å². The van der Waals surface area contributed by atoms with E-state index < -0.39 is 5.54 Å². The Morgan fingerprint density at radius 3 is 2.75 bits per heavy atom. The second kappa shape index (κ2) is 8.07. The molecule has 2 amide bonds. The van der Waals surface area contributed by atoms with E-state index in [1.165, 1.54) is 6.42 Å². The van der Waals surface area contributed by atoms with Crippen molar-refractivity contribution >= 4 is 33.4 Å². The van der Waals surface area contributed by atoms with Crippen molar-refractivity contribution in [3.05, 3.63) is 59.1 Å². The molecule has 0 saturated heterocycles. The molecule has 3 heterocycles. The molecule has 0 bridgehead atoms. The van der Waals surface area contributed by atoms with Crippen LogP contribution in [-0.2, 0) is 17.9 Å². The average Bonchev–Trinajstić information content (AvgIpc) is 3.37. The van der Waals surface area contributed by atoms with Crippen molar-refractivity contribution in [3.63, 3.8) is 0 Å². The Balaban J connectivity index is 1.52. The van der Waals surface area contributed by atoms with Crippen LogP contribution in [0, 0.1) is 11.8 Å². The van der Waals surface area contributed by atoms with Gasteiger partial charge in [-0.15, -0.1) is 11.3 Å². The molecular formula is C26H31N3O2S. The van der Waals surface area contributed by atoms with Crippen LogP contribution in [-0.4, -0.2) is 32.9 Å². The van der Waals surface area contributed by atoms with Crippen LogP contribution in [0.25, 0.3) is 10.2 Å². The van der Waals surface area contributed by atoms with Crippen molar-refractivity contribution < 1.29 is 9.59 Å². The van der Waals surface area contributed by atoms with Crippen LogP contribution in [0.4, 0.5) is 0 Å². The first-order valence-electron chi connectivity index (χ1n) is 11.6. The van der Waals surface area contributed by atoms with Crippen LogP contribution in [0.3, 0.4) is 0 Å². The number of benzene rings is 1. The minimum atomic E-state index is -0.964. The van der Waals surface area contributed by atoms with Gasteiger partial charge in [-0.3, -0.25) is 9.59 Å². The van der Waals surface area contributed by atoms with E-state index in [4.69, 9.17) is 0 Å². The normalized spacial score (nSPS) is 28.0. The third kappa shape index (κ3) is 3.45. The van der Waals surface area contributed by atoms with Crippen LogP contribution in [0.2, 0.25) is 0 Å². The summed E-state index contributed by atoms with van der Waals surface area (Å²) in [6.45, 7) is 7.32. The summed E-state index contributed by atoms with van der Waals surface area (Å²) in [5, 5.41) is 5.41. The van der Waals surface area contributed by atoms with Gasteiger partial charge in [0.05, 0.1) is 16.8 Å². The fourth-order valence-corrected chi connectivity index (χ4v) is 6.22. The third-order valence-electron chi connectivity index (χ3n) is 7.74. The smallest absolute Gasteiger partial charge is 0.271 e. The topological polar surface area (TPSA) is 54.3 Å². The molecule has 1 saturated carbocycles. The number of hydrogen-bond acceptors (Lipinski definition) is 3. The highest BCUT2D eigenvalue weighted by atomic mass is 32.1. The van der Waals surface area contributed by atoms with Crippen molar-refractivity contribution in [1.29, 1.82) is 0 Å². The lowest BCUT2D eigenvalue weighted by atomic mass is 9.77. The van der Waals surface area contributed by atoms with E-state index in [9.17, 15) is 9.59 Å². The van der Waals surface area contributed by atoms with Crippen molar-refractivity contribution in [2.24, 2.45) is 11.8 Å². The summed E-state index contributed by atoms with van der Waals surface area (Å²) in [5.74, 6) is 0.905. The number of carbonyl (C=O) groups is 2. The molecule has 0 spiro atoms. The number of nitrogens with one attached hydrogen (secondary N) is 1. The standard InChI is InChI=1S/C26H31N3O2S/c1-17-8-7-11-20(18(17)2)27-25(31)26(3)16-28-21-12-13-32-23(21)14-22(28)24(30)29(26)15-19-9-5-4-6-10-19/h4-6,9-10,12-14,17-18,20H,7-8,11,15-16H2,1-3H3,(H,27,31)/t17-,18+,20+,26-/m1/s1. The fourth-order valence-electron chi connectivity index (χ4n) is 5.40. The quantitative estimate of drug-likeness (QED) is 0.605. The molecule has 32 heavy (non-hydrogen) atoms. The molecule has 4 atom stereocenters. The number of nitrogens with zero attached hydrogens (tertiary/aromatic N) is 2. The highest BCUT2D eigenvalue weighted by Gasteiger charge is 2.48. The molecule has 2 aliphatic rings. The van der Waals surface area contributed by atoms with Crippen LogP contribution < -0.4 is 5.32 Å². The molecular weight excluding hydrogens is 418 g/mol. The van der Waals surface area contributed by atoms with Gasteiger partial charge >= 0.3 is 0 Å². The van der Waals surface area contributed by atoms with Crippen LogP contribution >= 0.6 is 11.3 Å². The summed E-state index contributed by atoms with van der Waals surface area (Å²) in [6, 6.07) is 14.1. The Hall–Kier alpha value is -2.60. The molecule has 2 aromatic heterocycles. The van der Waals surface area contributed by atoms with E-state index in [0.29, 0.717) is 30.6 Å². The summed E-state index contributed by atoms with van der Waals surface area (Å²) in [5.41, 5.74) is 1.78. The number of amides is 2. The molecule has 1 aliphatic heterocycles. The number of thiophene rings is 1. The Kier molecular flexibility index (Phi) is 5.36. The van der Waals surface area contributed by atoms with Gasteiger partial charge in [0.2, 0.25) is 5.91 Å². The molecule has 3 aromatic rings. The monoisotopic (exact) mass is 449 g/mol. The Morgan fingerprint density at radius 1 is 1.19 bits per heavy atom. The third-order valence-corrected chi connectivity index (χ3v) is 8.60. The Bertz CT molecular complexity index is 1150. The van der Waals surface area contributed by atoms with E-state index in [2.05, 4.69) is 19.2 Å². The molecule has 0 radical (unpaired) electrons. The van der Waals surface area contributed by atoms with E-state index in [1.807, 2.05) is 59.3 Å². The van der Waals surface area contributed by atoms with E-state index in [-0.39, 0.29) is 17.9 Å². The maximum absolute atomic E-state index is 13.9. The Morgan fingerprint density at radius 2 is 1.97 bits per heavy atom. The molecule has 5 nitrogen and oxygen atoms in total. The summed E-state index contributed by atoms with van der Waals surface area (Å²) < 4.78 is 3.13. The molecule has 1 aliphatic carbocycles. The summed E-state index contributed by atoms with van der Waals surface area (Å²) in [6.07, 6.45) is 3.35. The molecule has 1 N–H and O–H groups in total. The minimum absolute atomic E-state index is 0.0459. The fraction of sp³-hybridized carbons (Fsp3) is 0.462. The van der Waals surface area contributed by atoms with Gasteiger partial charge in [-0.1, -0.05) is 57.0 Å². The second-order valence-electron chi connectivity index (χ2n) is 9.78. The maximum Gasteiger partial charge on any atom is 0.271 e. The zero-order chi connectivity index (χ0) is 22.5. The van der Waals surface area contributed by atoms with E-state index >= 15 is 0 Å². The van der Waals surface area contributed by atoms with Gasteiger partial charge in [0, 0.05) is 12.6 Å². The minimum Gasteiger partial charge on any atom is -0.351 e. The predicted molar refractivity (Wildman–Crippen MR) is 129 cm³/mol. The molecule has 168 valence electrons. The largest absolute Gasteiger partial charge is 0.351 e. The van der Waals surface area contributed by atoms with Gasteiger partial charge in [0.1, 0.15) is 11.2 Å². The number of carbonyl (C=O) groups excluding carboxylic acids is 2. The van der Waals surface area contributed by atoms with Gasteiger partial charge in [0.15, 0.2) is 0 Å². The molecule has 0 unspecified atom stereocenters. The first-order valence-corrected chi connectivity index (χ1v) is 12.5. The van der Waals surface area contributed by atoms with Crippen molar-refractivity contribution in [1.82, 2.24) is 14.8 Å². The highest BCUT2D eigenvalue weighted by molar-refractivity contribution is 7.17. The molecule has 5 rings (SSSR count). The van der Waals surface area contributed by atoms with Gasteiger partial charge in [-0.2, -0.15) is 0 Å². The SMILES string of the molecule is C[C@H]1[C@H](C)CCC[C@@H]1NC(=O)[C@@]1(C)Cn2c(cc3sccc32)C(=O)N1Cc1ccccc1. The van der Waals surface area contributed by atoms with Crippen molar-refractivity contribution in [2.45, 2.75) is 64.7 Å². The number of fused-ring (bicyclic) bond motifs is 3. The summed E-state index contributed by atoms with van der Waals surface area (Å²) in [7, 11) is 0. The number of rotatable bonds is 4. The van der Waals surface area contributed by atoms with E-state index in [1.54, 1.807) is 16.2 Å². The van der Waals surface area contributed by atoms with Gasteiger partial charge in [0.25, 0.3) is 5.91 Å². The van der Waals surface area contributed by atoms with E-state index in [0.717, 1.165) is 28.6 Å². The maximum atomic E-state index is 13.9. The second-order valence-corrected chi connectivity index (χ2v) is 10.7. The number of hydrogen-bond donors (Lipinski definition) is 1. The predicted octanol–water partition coefficient (Wildman–Crippen LogP) is 5.06. The van der Waals surface area contributed by atoms with Crippen molar-refractivity contribution in [3.8, 4) is 0 Å². The molecule has 1 aromatic carbocycles. The zero-order valence-electron chi connectivity index (χ0n) is 19.0. The highest BCUT2D eigenvalue weighted by Crippen LogP contribution is 2.36. The lowest BCUT2D eigenvalue weighted by Crippen LogP contribution is -2.65. The van der Waals surface area contributed by atoms with Gasteiger partial charge in [-0.25, -0.2) is 0 Å². The van der Waals surface area contributed by atoms with Gasteiger partial charge < -0.3 is 14.8 Å². The lowest BCUT2D eigenvalue weighted by molar-refractivity contribution is -0.134. The van der Waals surface area contributed by atoms with Crippen LogP contribution in [0.5, 0.6) is 0 Å². The van der Waals surface area contributed by atoms with Crippen LogP contribution in [0.1, 0.15) is 56.1 Å². The molecule has 6 heteroatoms. The van der Waals surface area contributed by atoms with Crippen molar-refractivity contribution in [2.75, 3.05) is 0 Å².